The number of fused-ring (bicyclic) bond motifs is 7. The monoisotopic (exact) mass is 736 g/mol. The Hall–Kier alpha value is -7.68. The van der Waals surface area contributed by atoms with Crippen LogP contribution in [0.3, 0.4) is 0 Å². The van der Waals surface area contributed by atoms with E-state index in [0.717, 1.165) is 66.1 Å². The van der Waals surface area contributed by atoms with Crippen LogP contribution in [0.5, 0.6) is 0 Å². The fraction of sp³-hybridized carbons (Fsp3) is 0. The summed E-state index contributed by atoms with van der Waals surface area (Å²) in [6.07, 6.45) is 0. The largest absolute Gasteiger partial charge is 0.455 e. The zero-order valence-electron chi connectivity index (χ0n) is 31.3. The van der Waals surface area contributed by atoms with Crippen LogP contribution >= 0.6 is 0 Å². The highest BCUT2D eigenvalue weighted by Gasteiger charge is 2.22. The molecule has 11 aromatic carbocycles. The molecule has 58 heavy (non-hydrogen) atoms. The third-order valence-electron chi connectivity index (χ3n) is 12.4. The number of furan rings is 2. The fourth-order valence-electron chi connectivity index (χ4n) is 9.87. The molecule has 13 rings (SSSR count). The molecule has 0 N–H and O–H groups in total. The second kappa shape index (κ2) is 11.9. The molecule has 0 unspecified atom stereocenters. The van der Waals surface area contributed by atoms with Crippen molar-refractivity contribution in [2.45, 2.75) is 0 Å². The molecule has 0 aliphatic carbocycles. The van der Waals surface area contributed by atoms with Crippen LogP contribution in [0.1, 0.15) is 0 Å². The Morgan fingerprint density at radius 2 is 0.690 bits per heavy atom. The molecule has 13 aromatic rings. The highest BCUT2D eigenvalue weighted by Crippen LogP contribution is 2.49. The van der Waals surface area contributed by atoms with Gasteiger partial charge in [-0.2, -0.15) is 0 Å². The third-order valence-corrected chi connectivity index (χ3v) is 12.4. The SMILES string of the molecule is c1ccc(-c2cccc3c(-c4cc5ccc6c(-c7cccc8c7oc7ccccc78)cc(-c7cccc8c7oc7ccccc78)c7ccc(c4)c5c67)cccc23)cc1. The van der Waals surface area contributed by atoms with Gasteiger partial charge in [0.1, 0.15) is 22.3 Å². The maximum Gasteiger partial charge on any atom is 0.143 e. The molecule has 0 radical (unpaired) electrons. The lowest BCUT2D eigenvalue weighted by Crippen LogP contribution is -1.92. The van der Waals surface area contributed by atoms with Gasteiger partial charge in [-0.25, -0.2) is 0 Å². The van der Waals surface area contributed by atoms with Crippen LogP contribution in [0.4, 0.5) is 0 Å². The van der Waals surface area contributed by atoms with Crippen LogP contribution in [0.15, 0.2) is 203 Å². The molecule has 2 nitrogen and oxygen atoms in total. The van der Waals surface area contributed by atoms with E-state index in [1.807, 2.05) is 12.1 Å². The van der Waals surface area contributed by atoms with Gasteiger partial charge in [-0.15, -0.1) is 0 Å². The first-order valence-corrected chi connectivity index (χ1v) is 19.9. The summed E-state index contributed by atoms with van der Waals surface area (Å²) in [4.78, 5) is 0. The predicted octanol–water partition coefficient (Wildman–Crippen LogP) is 16.2. The molecule has 0 saturated heterocycles. The minimum atomic E-state index is 0.895. The Morgan fingerprint density at radius 1 is 0.241 bits per heavy atom. The van der Waals surface area contributed by atoms with E-state index in [0.29, 0.717) is 0 Å². The van der Waals surface area contributed by atoms with Crippen LogP contribution in [0.2, 0.25) is 0 Å². The van der Waals surface area contributed by atoms with Gasteiger partial charge in [-0.3, -0.25) is 0 Å². The summed E-state index contributed by atoms with van der Waals surface area (Å²) in [6.45, 7) is 0. The minimum absolute atomic E-state index is 0.895. The van der Waals surface area contributed by atoms with E-state index in [-0.39, 0.29) is 0 Å². The Balaban J connectivity index is 1.11. The molecule has 0 bridgehead atoms. The maximum atomic E-state index is 6.70. The molecule has 2 heteroatoms. The first-order valence-electron chi connectivity index (χ1n) is 19.9. The van der Waals surface area contributed by atoms with E-state index < -0.39 is 0 Å². The van der Waals surface area contributed by atoms with Crippen molar-refractivity contribution in [3.05, 3.63) is 194 Å². The van der Waals surface area contributed by atoms with E-state index >= 15 is 0 Å². The van der Waals surface area contributed by atoms with Crippen LogP contribution in [0, 0.1) is 0 Å². The van der Waals surface area contributed by atoms with E-state index in [9.17, 15) is 0 Å². The van der Waals surface area contributed by atoms with Crippen LogP contribution in [0.25, 0.3) is 131 Å². The predicted molar refractivity (Wildman–Crippen MR) is 244 cm³/mol. The van der Waals surface area contributed by atoms with Gasteiger partial charge in [0.05, 0.1) is 0 Å². The number of hydrogen-bond acceptors (Lipinski definition) is 2. The minimum Gasteiger partial charge on any atom is -0.455 e. The number of benzene rings is 11. The smallest absolute Gasteiger partial charge is 0.143 e. The molecule has 0 atom stereocenters. The van der Waals surface area contributed by atoms with Gasteiger partial charge in [0, 0.05) is 32.7 Å². The first-order chi connectivity index (χ1) is 28.8. The van der Waals surface area contributed by atoms with E-state index in [1.54, 1.807) is 0 Å². The second-order valence-electron chi connectivity index (χ2n) is 15.5. The van der Waals surface area contributed by atoms with Crippen molar-refractivity contribution in [2.75, 3.05) is 0 Å². The molecule has 0 saturated carbocycles. The van der Waals surface area contributed by atoms with E-state index in [1.165, 1.54) is 65.3 Å². The number of hydrogen-bond donors (Lipinski definition) is 0. The summed E-state index contributed by atoms with van der Waals surface area (Å²) in [5.41, 5.74) is 12.9. The van der Waals surface area contributed by atoms with Crippen LogP contribution in [-0.4, -0.2) is 0 Å². The van der Waals surface area contributed by atoms with Crippen LogP contribution < -0.4 is 0 Å². The molecule has 0 aliphatic heterocycles. The van der Waals surface area contributed by atoms with E-state index in [4.69, 9.17) is 8.83 Å². The van der Waals surface area contributed by atoms with Gasteiger partial charge in [0.15, 0.2) is 0 Å². The molecular formula is C56H32O2. The zero-order chi connectivity index (χ0) is 37.9. The highest BCUT2D eigenvalue weighted by molar-refractivity contribution is 6.30. The Bertz CT molecular complexity index is 3610. The maximum absolute atomic E-state index is 6.70. The lowest BCUT2D eigenvalue weighted by atomic mass is 9.84. The fourth-order valence-corrected chi connectivity index (χ4v) is 9.87. The number of rotatable bonds is 4. The Morgan fingerprint density at radius 3 is 1.24 bits per heavy atom. The Kier molecular flexibility index (Phi) is 6.47. The van der Waals surface area contributed by atoms with Crippen LogP contribution in [-0.2, 0) is 0 Å². The molecule has 0 aliphatic rings. The highest BCUT2D eigenvalue weighted by atomic mass is 16.3. The molecule has 0 amide bonds. The summed E-state index contributed by atoms with van der Waals surface area (Å²) in [5, 5.41) is 14.3. The lowest BCUT2D eigenvalue weighted by molar-refractivity contribution is 0.670. The molecule has 268 valence electrons. The van der Waals surface area contributed by atoms with Gasteiger partial charge in [0.25, 0.3) is 0 Å². The molecule has 2 heterocycles. The van der Waals surface area contributed by atoms with Crippen molar-refractivity contribution in [2.24, 2.45) is 0 Å². The molecular weight excluding hydrogens is 705 g/mol. The molecule has 0 fully saturated rings. The van der Waals surface area contributed by atoms with Gasteiger partial charge in [-0.1, -0.05) is 164 Å². The van der Waals surface area contributed by atoms with Crippen molar-refractivity contribution >= 4 is 87.0 Å². The second-order valence-corrected chi connectivity index (χ2v) is 15.5. The van der Waals surface area contributed by atoms with Crippen molar-refractivity contribution in [1.29, 1.82) is 0 Å². The number of para-hydroxylation sites is 4. The summed E-state index contributed by atoms with van der Waals surface area (Å²) >= 11 is 0. The third kappa shape index (κ3) is 4.43. The summed E-state index contributed by atoms with van der Waals surface area (Å²) < 4.78 is 13.4. The van der Waals surface area contributed by atoms with Crippen molar-refractivity contribution in [1.82, 2.24) is 0 Å². The summed E-state index contributed by atoms with van der Waals surface area (Å²) in [6, 6.07) is 70.3. The van der Waals surface area contributed by atoms with E-state index in [2.05, 4.69) is 182 Å². The lowest BCUT2D eigenvalue weighted by Gasteiger charge is -2.19. The quantitative estimate of drug-likeness (QED) is 0.168. The zero-order valence-corrected chi connectivity index (χ0v) is 31.3. The topological polar surface area (TPSA) is 26.3 Å². The average Bonchev–Trinajstić information content (AvgIpc) is 3.87. The van der Waals surface area contributed by atoms with Gasteiger partial charge in [-0.05, 0) is 107 Å². The summed E-state index contributed by atoms with van der Waals surface area (Å²) in [5.74, 6) is 0. The molecule has 2 aromatic heterocycles. The standard InChI is InChI=1S/C56H32O2/c1-2-12-33(13-3-1)37-16-8-19-40-38(17-9-18-39(37)40)36-30-34-26-28-43-49(47-22-10-20-45-41-14-4-6-24-51(41)57-55(45)47)32-50(44-29-27-35(31-36)53(34)54(43)44)48-23-11-21-46-42-15-5-7-25-52(42)58-56(46)48/h1-32H. The van der Waals surface area contributed by atoms with Gasteiger partial charge in [0.2, 0.25) is 0 Å². The molecule has 0 spiro atoms. The van der Waals surface area contributed by atoms with Gasteiger partial charge >= 0.3 is 0 Å². The first kappa shape index (κ1) is 31.5. The Labute approximate surface area is 333 Å². The van der Waals surface area contributed by atoms with Crippen molar-refractivity contribution in [3.63, 3.8) is 0 Å². The summed E-state index contributed by atoms with van der Waals surface area (Å²) in [7, 11) is 0. The van der Waals surface area contributed by atoms with Crippen molar-refractivity contribution < 1.29 is 8.83 Å². The average molecular weight is 737 g/mol. The van der Waals surface area contributed by atoms with Crippen molar-refractivity contribution in [3.8, 4) is 44.5 Å². The normalized spacial score (nSPS) is 12.1. The van der Waals surface area contributed by atoms with Gasteiger partial charge < -0.3 is 8.83 Å².